The molecular formula is C15H21NO. The molecular weight excluding hydrogens is 210 g/mol. The molecule has 0 spiro atoms. The van der Waals surface area contributed by atoms with Gasteiger partial charge in [0.25, 0.3) is 0 Å². The Bertz CT molecular complexity index is 428. The monoisotopic (exact) mass is 231 g/mol. The first kappa shape index (κ1) is 12.2. The van der Waals surface area contributed by atoms with Crippen LogP contribution in [-0.2, 0) is 0 Å². The topological polar surface area (TPSA) is 25.2 Å². The van der Waals surface area contributed by atoms with Gasteiger partial charge in [-0.3, -0.25) is 0 Å². The average molecular weight is 231 g/mol. The van der Waals surface area contributed by atoms with Crippen LogP contribution in [0.25, 0.3) is 11.0 Å². The first-order chi connectivity index (χ1) is 8.35. The summed E-state index contributed by atoms with van der Waals surface area (Å²) in [5, 5.41) is 4.70. The van der Waals surface area contributed by atoms with Crippen LogP contribution in [0.1, 0.15) is 44.9 Å². The van der Waals surface area contributed by atoms with Crippen LogP contribution in [0.5, 0.6) is 0 Å². The Morgan fingerprint density at radius 1 is 1.24 bits per heavy atom. The van der Waals surface area contributed by atoms with Gasteiger partial charge in [-0.2, -0.15) is 0 Å². The number of fused-ring (bicyclic) bond motifs is 1. The van der Waals surface area contributed by atoms with Crippen LogP contribution >= 0.6 is 0 Å². The van der Waals surface area contributed by atoms with Crippen LogP contribution in [-0.4, -0.2) is 6.54 Å². The van der Waals surface area contributed by atoms with E-state index in [-0.39, 0.29) is 0 Å². The van der Waals surface area contributed by atoms with E-state index in [1.165, 1.54) is 18.2 Å². The van der Waals surface area contributed by atoms with Crippen molar-refractivity contribution < 1.29 is 4.42 Å². The Balaban J connectivity index is 2.21. The summed E-state index contributed by atoms with van der Waals surface area (Å²) >= 11 is 0. The summed E-state index contributed by atoms with van der Waals surface area (Å²) in [5.41, 5.74) is 0.988. The molecule has 1 heterocycles. The second-order valence-electron chi connectivity index (χ2n) is 4.44. The minimum atomic E-state index is 0.354. The lowest BCUT2D eigenvalue weighted by Gasteiger charge is -2.14. The van der Waals surface area contributed by atoms with Crippen molar-refractivity contribution in [2.24, 2.45) is 0 Å². The van der Waals surface area contributed by atoms with E-state index in [1.807, 2.05) is 12.1 Å². The Morgan fingerprint density at radius 3 is 2.76 bits per heavy atom. The minimum absolute atomic E-state index is 0.354. The maximum Gasteiger partial charge on any atom is 0.134 e. The van der Waals surface area contributed by atoms with E-state index in [2.05, 4.69) is 37.4 Å². The molecule has 2 aromatic rings. The molecule has 0 radical (unpaired) electrons. The highest BCUT2D eigenvalue weighted by Gasteiger charge is 2.14. The molecule has 0 saturated carbocycles. The highest BCUT2D eigenvalue weighted by atomic mass is 16.3. The fraction of sp³-hybridized carbons (Fsp3) is 0.467. The van der Waals surface area contributed by atoms with Crippen LogP contribution < -0.4 is 5.32 Å². The average Bonchev–Trinajstić information content (AvgIpc) is 2.78. The lowest BCUT2D eigenvalue weighted by atomic mass is 10.1. The van der Waals surface area contributed by atoms with Crippen molar-refractivity contribution in [3.05, 3.63) is 36.1 Å². The normalized spacial score (nSPS) is 13.1. The van der Waals surface area contributed by atoms with E-state index in [0.29, 0.717) is 6.04 Å². The Kier molecular flexibility index (Phi) is 4.21. The molecule has 1 aromatic heterocycles. The molecule has 1 aromatic carbocycles. The fourth-order valence-electron chi connectivity index (χ4n) is 2.17. The third kappa shape index (κ3) is 2.89. The van der Waals surface area contributed by atoms with Gasteiger partial charge in [-0.15, -0.1) is 0 Å². The predicted octanol–water partition coefficient (Wildman–Crippen LogP) is 4.27. The van der Waals surface area contributed by atoms with Gasteiger partial charge in [0.1, 0.15) is 11.3 Å². The van der Waals surface area contributed by atoms with Crippen molar-refractivity contribution in [3.63, 3.8) is 0 Å². The lowest BCUT2D eigenvalue weighted by Crippen LogP contribution is -2.20. The standard InChI is InChI=1S/C15H21NO/c1-3-5-9-13(16-4-2)15-11-12-8-6-7-10-14(12)17-15/h6-8,10-11,13,16H,3-5,9H2,1-2H3. The Labute approximate surface area is 103 Å². The van der Waals surface area contributed by atoms with Crippen molar-refractivity contribution in [2.75, 3.05) is 6.54 Å². The van der Waals surface area contributed by atoms with Crippen molar-refractivity contribution in [1.82, 2.24) is 5.32 Å². The zero-order valence-corrected chi connectivity index (χ0v) is 10.7. The quantitative estimate of drug-likeness (QED) is 0.803. The van der Waals surface area contributed by atoms with Crippen LogP contribution in [0, 0.1) is 0 Å². The summed E-state index contributed by atoms with van der Waals surface area (Å²) in [6.07, 6.45) is 3.60. The number of hydrogen-bond acceptors (Lipinski definition) is 2. The van der Waals surface area contributed by atoms with Gasteiger partial charge in [0.15, 0.2) is 0 Å². The van der Waals surface area contributed by atoms with Crippen molar-refractivity contribution in [2.45, 2.75) is 39.2 Å². The van der Waals surface area contributed by atoms with Crippen molar-refractivity contribution in [1.29, 1.82) is 0 Å². The molecule has 2 nitrogen and oxygen atoms in total. The first-order valence-electron chi connectivity index (χ1n) is 6.57. The van der Waals surface area contributed by atoms with Gasteiger partial charge in [-0.05, 0) is 25.1 Å². The molecule has 1 N–H and O–H groups in total. The summed E-state index contributed by atoms with van der Waals surface area (Å²) in [5.74, 6) is 1.07. The Hall–Kier alpha value is -1.28. The molecule has 0 bridgehead atoms. The number of unbranched alkanes of at least 4 members (excludes halogenated alkanes) is 1. The third-order valence-electron chi connectivity index (χ3n) is 3.08. The van der Waals surface area contributed by atoms with Gasteiger partial charge in [0.2, 0.25) is 0 Å². The second-order valence-corrected chi connectivity index (χ2v) is 4.44. The molecule has 2 heteroatoms. The van der Waals surface area contributed by atoms with Crippen LogP contribution in [0.15, 0.2) is 34.7 Å². The molecule has 17 heavy (non-hydrogen) atoms. The first-order valence-corrected chi connectivity index (χ1v) is 6.57. The van der Waals surface area contributed by atoms with Gasteiger partial charge < -0.3 is 9.73 Å². The smallest absolute Gasteiger partial charge is 0.134 e. The number of benzene rings is 1. The molecule has 0 aliphatic heterocycles. The van der Waals surface area contributed by atoms with Gasteiger partial charge in [0.05, 0.1) is 6.04 Å². The van der Waals surface area contributed by atoms with Gasteiger partial charge in [-0.25, -0.2) is 0 Å². The number of furan rings is 1. The summed E-state index contributed by atoms with van der Waals surface area (Å²) in [7, 11) is 0. The van der Waals surface area contributed by atoms with E-state index in [1.54, 1.807) is 0 Å². The summed E-state index contributed by atoms with van der Waals surface area (Å²) in [4.78, 5) is 0. The molecule has 1 unspecified atom stereocenters. The zero-order valence-electron chi connectivity index (χ0n) is 10.7. The molecule has 92 valence electrons. The van der Waals surface area contributed by atoms with Gasteiger partial charge in [-0.1, -0.05) is 44.9 Å². The highest BCUT2D eigenvalue weighted by molar-refractivity contribution is 5.77. The van der Waals surface area contributed by atoms with Gasteiger partial charge >= 0.3 is 0 Å². The van der Waals surface area contributed by atoms with Gasteiger partial charge in [0, 0.05) is 5.39 Å². The zero-order chi connectivity index (χ0) is 12.1. The SMILES string of the molecule is CCCCC(NCC)c1cc2ccccc2o1. The van der Waals surface area contributed by atoms with E-state index >= 15 is 0 Å². The minimum Gasteiger partial charge on any atom is -0.459 e. The van der Waals surface area contributed by atoms with Crippen molar-refractivity contribution >= 4 is 11.0 Å². The van der Waals surface area contributed by atoms with E-state index in [9.17, 15) is 0 Å². The molecule has 0 amide bonds. The highest BCUT2D eigenvalue weighted by Crippen LogP contribution is 2.26. The summed E-state index contributed by atoms with van der Waals surface area (Å²) in [6.45, 7) is 5.34. The van der Waals surface area contributed by atoms with Crippen LogP contribution in [0.4, 0.5) is 0 Å². The predicted molar refractivity (Wildman–Crippen MR) is 72.2 cm³/mol. The molecule has 2 rings (SSSR count). The third-order valence-corrected chi connectivity index (χ3v) is 3.08. The summed E-state index contributed by atoms with van der Waals surface area (Å²) < 4.78 is 5.92. The molecule has 0 saturated heterocycles. The maximum absolute atomic E-state index is 5.92. The number of para-hydroxylation sites is 1. The van der Waals surface area contributed by atoms with E-state index < -0.39 is 0 Å². The second kappa shape index (κ2) is 5.87. The van der Waals surface area contributed by atoms with Crippen molar-refractivity contribution in [3.8, 4) is 0 Å². The van der Waals surface area contributed by atoms with Crippen LogP contribution in [0.3, 0.4) is 0 Å². The molecule has 1 atom stereocenters. The number of rotatable bonds is 6. The maximum atomic E-state index is 5.92. The summed E-state index contributed by atoms with van der Waals surface area (Å²) in [6, 6.07) is 10.7. The van der Waals surface area contributed by atoms with E-state index in [4.69, 9.17) is 4.42 Å². The lowest BCUT2D eigenvalue weighted by molar-refractivity contribution is 0.408. The fourth-order valence-corrected chi connectivity index (χ4v) is 2.17. The van der Waals surface area contributed by atoms with E-state index in [0.717, 1.165) is 24.3 Å². The molecule has 0 aliphatic rings. The molecule has 0 aliphatic carbocycles. The molecule has 0 fully saturated rings. The largest absolute Gasteiger partial charge is 0.459 e. The number of hydrogen-bond donors (Lipinski definition) is 1. The van der Waals surface area contributed by atoms with Crippen LogP contribution in [0.2, 0.25) is 0 Å². The Morgan fingerprint density at radius 2 is 2.06 bits per heavy atom. The number of nitrogens with one attached hydrogen (secondary N) is 1.